The van der Waals surface area contributed by atoms with Crippen LogP contribution in [0.3, 0.4) is 0 Å². The number of rotatable bonds is 9. The van der Waals surface area contributed by atoms with Crippen molar-refractivity contribution in [2.45, 2.75) is 33.7 Å². The van der Waals surface area contributed by atoms with Crippen LogP contribution in [0.15, 0.2) is 24.3 Å². The third kappa shape index (κ3) is 6.51. The van der Waals surface area contributed by atoms with E-state index in [0.717, 1.165) is 0 Å². The summed E-state index contributed by atoms with van der Waals surface area (Å²) < 4.78 is 24.1. The molecule has 0 bridgehead atoms. The Balaban J connectivity index is 2.83. The monoisotopic (exact) mass is 379 g/mol. The lowest BCUT2D eigenvalue weighted by molar-refractivity contribution is -0.116. The molecular weight excluding hydrogens is 356 g/mol. The van der Waals surface area contributed by atoms with Crippen molar-refractivity contribution in [3.05, 3.63) is 30.1 Å². The summed E-state index contributed by atoms with van der Waals surface area (Å²) in [5.74, 6) is -0.278. The molecule has 1 amide bonds. The number of nitrogens with zero attached hydrogens (tertiary/aromatic N) is 1. The van der Waals surface area contributed by atoms with Crippen molar-refractivity contribution in [2.24, 2.45) is 0 Å². The molecule has 130 valence electrons. The van der Waals surface area contributed by atoms with Gasteiger partial charge in [-0.2, -0.15) is 0 Å². The molecule has 0 atom stereocenters. The average Bonchev–Trinajstić information content (AvgIpc) is 2.48. The Labute approximate surface area is 146 Å². The molecule has 0 saturated carbocycles. The maximum Gasteiger partial charge on any atom is 0.247 e. The van der Waals surface area contributed by atoms with Gasteiger partial charge in [0.05, 0.1) is 19.0 Å². The first-order valence-electron chi connectivity index (χ1n) is 7.44. The summed E-state index contributed by atoms with van der Waals surface area (Å²) in [7, 11) is 0. The van der Waals surface area contributed by atoms with Crippen LogP contribution in [0.5, 0.6) is 0 Å². The van der Waals surface area contributed by atoms with Gasteiger partial charge in [-0.1, -0.05) is 11.4 Å². The fourth-order valence-corrected chi connectivity index (χ4v) is 6.22. The van der Waals surface area contributed by atoms with Gasteiger partial charge in [0.25, 0.3) is 0 Å². The quantitative estimate of drug-likeness (QED) is 0.587. The number of halogens is 1. The van der Waals surface area contributed by atoms with Crippen molar-refractivity contribution in [2.75, 3.05) is 23.9 Å². The van der Waals surface area contributed by atoms with Crippen LogP contribution in [-0.2, 0) is 25.6 Å². The van der Waals surface area contributed by atoms with Crippen molar-refractivity contribution >= 4 is 40.5 Å². The molecule has 0 unspecified atom stereocenters. The first kappa shape index (κ1) is 20.6. The molecule has 0 radical (unpaired) electrons. The molecule has 0 aliphatic carbocycles. The van der Waals surface area contributed by atoms with Crippen molar-refractivity contribution < 1.29 is 18.2 Å². The van der Waals surface area contributed by atoms with Crippen molar-refractivity contribution in [3.63, 3.8) is 0 Å². The molecule has 1 aromatic rings. The number of carbonyl (C=O) groups excluding carboxylic acids is 1. The summed E-state index contributed by atoms with van der Waals surface area (Å²) in [5.41, 5.74) is -1.84. The molecule has 23 heavy (non-hydrogen) atoms. The summed E-state index contributed by atoms with van der Waals surface area (Å²) in [4.78, 5) is 14.2. The van der Waals surface area contributed by atoms with Gasteiger partial charge in [0, 0.05) is 11.7 Å². The summed E-state index contributed by atoms with van der Waals surface area (Å²) in [6.07, 6.45) is 0. The van der Waals surface area contributed by atoms with Crippen molar-refractivity contribution in [1.29, 1.82) is 0 Å². The third-order valence-electron chi connectivity index (χ3n) is 2.81. The second kappa shape index (κ2) is 9.74. The highest BCUT2D eigenvalue weighted by Gasteiger charge is 2.25. The molecule has 4 nitrogen and oxygen atoms in total. The molecule has 0 N–H and O–H groups in total. The van der Waals surface area contributed by atoms with E-state index in [4.69, 9.17) is 20.9 Å². The Hall–Kier alpha value is -0.460. The minimum atomic E-state index is -2.50. The molecule has 0 spiro atoms. The Bertz CT molecular complexity index is 544. The summed E-state index contributed by atoms with van der Waals surface area (Å²) in [6, 6.07) is 5.83. The third-order valence-corrected chi connectivity index (χ3v) is 8.20. The second-order valence-electron chi connectivity index (χ2n) is 4.89. The molecule has 1 aromatic carbocycles. The van der Waals surface area contributed by atoms with E-state index in [-0.39, 0.29) is 23.5 Å². The lowest BCUT2D eigenvalue weighted by Gasteiger charge is -2.28. The Morgan fingerprint density at radius 1 is 1.26 bits per heavy atom. The Morgan fingerprint density at radius 2 is 1.78 bits per heavy atom. The molecule has 0 heterocycles. The van der Waals surface area contributed by atoms with Crippen LogP contribution in [0.1, 0.15) is 27.7 Å². The van der Waals surface area contributed by atoms with E-state index in [0.29, 0.717) is 18.9 Å². The van der Waals surface area contributed by atoms with Gasteiger partial charge in [-0.15, -0.1) is 0 Å². The topological polar surface area (TPSA) is 38.8 Å². The predicted octanol–water partition coefficient (Wildman–Crippen LogP) is 4.60. The Morgan fingerprint density at radius 3 is 2.22 bits per heavy atom. The van der Waals surface area contributed by atoms with Crippen molar-refractivity contribution in [1.82, 2.24) is 0 Å². The first-order valence-corrected chi connectivity index (χ1v) is 11.7. The zero-order valence-corrected chi connectivity index (χ0v) is 16.3. The smallest absolute Gasteiger partial charge is 0.247 e. The highest BCUT2D eigenvalue weighted by Crippen LogP contribution is 2.60. The molecule has 0 saturated heterocycles. The molecule has 0 aromatic heterocycles. The minimum Gasteiger partial charge on any atom is -0.322 e. The van der Waals surface area contributed by atoms with Crippen LogP contribution in [0.2, 0.25) is 0 Å². The van der Waals surface area contributed by atoms with Gasteiger partial charge in [-0.3, -0.25) is 4.79 Å². The van der Waals surface area contributed by atoms with Crippen LogP contribution >= 0.6 is 17.1 Å². The SMILES string of the molecule is CCOP(=S)(OCC)SCC(=O)N(c1ccc(F)cc1)C(C)C. The largest absolute Gasteiger partial charge is 0.322 e. The molecular formula is C15H23FNO3PS2. The normalized spacial score (nSPS) is 11.7. The van der Waals surface area contributed by atoms with Gasteiger partial charge in [0.1, 0.15) is 5.82 Å². The highest BCUT2D eigenvalue weighted by molar-refractivity contribution is 8.68. The molecule has 0 aliphatic rings. The summed E-state index contributed by atoms with van der Waals surface area (Å²) in [5, 5.41) is 0. The number of anilines is 1. The van der Waals surface area contributed by atoms with E-state index in [1.807, 2.05) is 27.7 Å². The predicted molar refractivity (Wildman–Crippen MR) is 99.0 cm³/mol. The Kier molecular flexibility index (Phi) is 8.72. The first-order chi connectivity index (χ1) is 10.8. The van der Waals surface area contributed by atoms with E-state index < -0.39 is 5.69 Å². The van der Waals surface area contributed by atoms with Gasteiger partial charge < -0.3 is 13.9 Å². The number of benzene rings is 1. The van der Waals surface area contributed by atoms with Gasteiger partial charge in [0.2, 0.25) is 11.6 Å². The van der Waals surface area contributed by atoms with Gasteiger partial charge in [-0.05, 0) is 63.8 Å². The standard InChI is InChI=1S/C15H23FNO3PS2/c1-5-19-21(22,20-6-2)23-11-15(18)17(12(3)4)14-9-7-13(16)8-10-14/h7-10,12H,5-6,11H2,1-4H3. The van der Waals surface area contributed by atoms with Crippen LogP contribution in [0, 0.1) is 5.82 Å². The van der Waals surface area contributed by atoms with Crippen LogP contribution in [0.25, 0.3) is 0 Å². The summed E-state index contributed by atoms with van der Waals surface area (Å²) >= 11 is 6.65. The van der Waals surface area contributed by atoms with Gasteiger partial charge >= 0.3 is 0 Å². The van der Waals surface area contributed by atoms with E-state index in [1.165, 1.54) is 23.5 Å². The zero-order chi connectivity index (χ0) is 17.5. The second-order valence-corrected chi connectivity index (χ2v) is 11.2. The zero-order valence-electron chi connectivity index (χ0n) is 13.8. The number of amides is 1. The molecule has 0 aliphatic heterocycles. The number of carbonyl (C=O) groups is 1. The average molecular weight is 379 g/mol. The number of hydrogen-bond acceptors (Lipinski definition) is 5. The highest BCUT2D eigenvalue weighted by atomic mass is 32.9. The van der Waals surface area contributed by atoms with Crippen LogP contribution in [0.4, 0.5) is 10.1 Å². The van der Waals surface area contributed by atoms with E-state index in [1.54, 1.807) is 17.0 Å². The fourth-order valence-electron chi connectivity index (χ4n) is 1.96. The summed E-state index contributed by atoms with van der Waals surface area (Å²) in [6.45, 7) is 8.41. The van der Waals surface area contributed by atoms with Crippen LogP contribution in [-0.4, -0.2) is 30.9 Å². The van der Waals surface area contributed by atoms with Crippen molar-refractivity contribution in [3.8, 4) is 0 Å². The fraction of sp³-hybridized carbons (Fsp3) is 0.533. The molecule has 8 heteroatoms. The lowest BCUT2D eigenvalue weighted by Crippen LogP contribution is -2.38. The number of hydrogen-bond donors (Lipinski definition) is 0. The van der Waals surface area contributed by atoms with E-state index in [2.05, 4.69) is 0 Å². The maximum absolute atomic E-state index is 13.1. The van der Waals surface area contributed by atoms with Crippen LogP contribution < -0.4 is 4.90 Å². The molecule has 0 fully saturated rings. The van der Waals surface area contributed by atoms with E-state index in [9.17, 15) is 9.18 Å². The molecule has 1 rings (SSSR count). The van der Waals surface area contributed by atoms with Gasteiger partial charge in [-0.25, -0.2) is 4.39 Å². The van der Waals surface area contributed by atoms with E-state index >= 15 is 0 Å². The van der Waals surface area contributed by atoms with Gasteiger partial charge in [0.15, 0.2) is 0 Å². The maximum atomic E-state index is 13.1. The minimum absolute atomic E-state index is 0.0504. The lowest BCUT2D eigenvalue weighted by atomic mass is 10.2.